The molecule has 0 amide bonds. The lowest BCUT2D eigenvalue weighted by molar-refractivity contribution is 0.473. The van der Waals surface area contributed by atoms with Gasteiger partial charge in [0.05, 0.1) is 6.04 Å². The quantitative estimate of drug-likeness (QED) is 0.738. The first kappa shape index (κ1) is 12.7. The maximum absolute atomic E-state index is 3.52. The summed E-state index contributed by atoms with van der Waals surface area (Å²) in [6, 6.07) is 20.1. The van der Waals surface area contributed by atoms with Gasteiger partial charge in [0.1, 0.15) is 0 Å². The molecule has 2 heteroatoms. The number of piperidine rings is 1. The van der Waals surface area contributed by atoms with E-state index < -0.39 is 0 Å². The molecule has 1 saturated heterocycles. The second-order valence-corrected chi connectivity index (χ2v) is 6.01. The van der Waals surface area contributed by atoms with Gasteiger partial charge >= 0.3 is 0 Å². The zero-order valence-electron chi connectivity index (χ0n) is 10.9. The number of halogens is 1. The molecule has 2 aromatic carbocycles. The topological polar surface area (TPSA) is 3.24 Å². The van der Waals surface area contributed by atoms with Crippen LogP contribution < -0.4 is 4.90 Å². The largest absolute Gasteiger partial charge is 0.364 e. The smallest absolute Gasteiger partial charge is 0.0542 e. The van der Waals surface area contributed by atoms with Crippen molar-refractivity contribution in [3.05, 3.63) is 64.6 Å². The van der Waals surface area contributed by atoms with Gasteiger partial charge in [-0.3, -0.25) is 0 Å². The van der Waals surface area contributed by atoms with Crippen LogP contribution in [-0.4, -0.2) is 6.54 Å². The van der Waals surface area contributed by atoms with Crippen molar-refractivity contribution in [1.82, 2.24) is 0 Å². The second-order valence-electron chi connectivity index (χ2n) is 5.09. The molecule has 0 N–H and O–H groups in total. The number of hydrogen-bond donors (Lipinski definition) is 0. The van der Waals surface area contributed by atoms with Crippen LogP contribution in [0, 0.1) is 0 Å². The molecule has 19 heavy (non-hydrogen) atoms. The Bertz CT molecular complexity index is 521. The fourth-order valence-corrected chi connectivity index (χ4v) is 3.16. The summed E-state index contributed by atoms with van der Waals surface area (Å²) in [7, 11) is 0. The van der Waals surface area contributed by atoms with Crippen molar-refractivity contribution in [3.8, 4) is 0 Å². The van der Waals surface area contributed by atoms with Gasteiger partial charge < -0.3 is 4.90 Å². The van der Waals surface area contributed by atoms with Gasteiger partial charge in [-0.05, 0) is 49.1 Å². The van der Waals surface area contributed by atoms with E-state index in [2.05, 4.69) is 75.4 Å². The number of nitrogens with zero attached hydrogens (tertiary/aromatic N) is 1. The fourth-order valence-electron chi connectivity index (χ4n) is 2.89. The lowest BCUT2D eigenvalue weighted by Gasteiger charge is -2.38. The van der Waals surface area contributed by atoms with Crippen molar-refractivity contribution in [1.29, 1.82) is 0 Å². The normalized spacial score (nSPS) is 19.4. The molecule has 3 rings (SSSR count). The molecule has 1 heterocycles. The van der Waals surface area contributed by atoms with Gasteiger partial charge in [0.2, 0.25) is 0 Å². The number of hydrogen-bond acceptors (Lipinski definition) is 1. The minimum absolute atomic E-state index is 0.518. The molecule has 2 aromatic rings. The molecule has 1 fully saturated rings. The first-order valence-corrected chi connectivity index (χ1v) is 7.71. The molecule has 0 spiro atoms. The zero-order valence-corrected chi connectivity index (χ0v) is 12.5. The SMILES string of the molecule is Brc1ccc(C2CCCCN2c2ccccc2)cc1. The van der Waals surface area contributed by atoms with Crippen LogP contribution in [0.25, 0.3) is 0 Å². The van der Waals surface area contributed by atoms with Crippen LogP contribution in [0.4, 0.5) is 5.69 Å². The van der Waals surface area contributed by atoms with Gasteiger partial charge in [-0.25, -0.2) is 0 Å². The average Bonchev–Trinajstić information content (AvgIpc) is 2.49. The number of anilines is 1. The summed E-state index contributed by atoms with van der Waals surface area (Å²) >= 11 is 3.52. The molecule has 1 aliphatic rings. The van der Waals surface area contributed by atoms with Crippen LogP contribution in [0.2, 0.25) is 0 Å². The molecule has 0 bridgehead atoms. The summed E-state index contributed by atoms with van der Waals surface area (Å²) < 4.78 is 1.15. The molecule has 1 aliphatic heterocycles. The lowest BCUT2D eigenvalue weighted by atomic mass is 9.94. The Labute approximate surface area is 123 Å². The number of benzene rings is 2. The van der Waals surface area contributed by atoms with Gasteiger partial charge in [0, 0.05) is 16.7 Å². The van der Waals surface area contributed by atoms with Crippen LogP contribution >= 0.6 is 15.9 Å². The van der Waals surface area contributed by atoms with Crippen LogP contribution in [-0.2, 0) is 0 Å². The predicted octanol–water partition coefficient (Wildman–Crippen LogP) is 5.18. The van der Waals surface area contributed by atoms with Crippen LogP contribution in [0.15, 0.2) is 59.1 Å². The molecule has 0 saturated carbocycles. The van der Waals surface area contributed by atoms with Crippen molar-refractivity contribution >= 4 is 21.6 Å². The summed E-state index contributed by atoms with van der Waals surface area (Å²) in [5.41, 5.74) is 2.77. The fraction of sp³-hybridized carbons (Fsp3) is 0.294. The first-order chi connectivity index (χ1) is 9.34. The third-order valence-electron chi connectivity index (χ3n) is 3.85. The van der Waals surface area contributed by atoms with Crippen LogP contribution in [0.5, 0.6) is 0 Å². The summed E-state index contributed by atoms with van der Waals surface area (Å²) in [6.45, 7) is 1.16. The molecule has 0 radical (unpaired) electrons. The van der Waals surface area contributed by atoms with Gasteiger partial charge in [-0.15, -0.1) is 0 Å². The predicted molar refractivity (Wildman–Crippen MR) is 84.5 cm³/mol. The average molecular weight is 316 g/mol. The summed E-state index contributed by atoms with van der Waals surface area (Å²) in [4.78, 5) is 2.55. The molecule has 0 aromatic heterocycles. The number of para-hydroxylation sites is 1. The van der Waals surface area contributed by atoms with Crippen molar-refractivity contribution in [2.24, 2.45) is 0 Å². The third-order valence-corrected chi connectivity index (χ3v) is 4.37. The van der Waals surface area contributed by atoms with Crippen molar-refractivity contribution in [2.75, 3.05) is 11.4 Å². The van der Waals surface area contributed by atoms with Crippen molar-refractivity contribution in [2.45, 2.75) is 25.3 Å². The van der Waals surface area contributed by atoms with Gasteiger partial charge in [-0.2, -0.15) is 0 Å². The molecular weight excluding hydrogens is 298 g/mol. The lowest BCUT2D eigenvalue weighted by Crippen LogP contribution is -2.33. The van der Waals surface area contributed by atoms with E-state index in [4.69, 9.17) is 0 Å². The van der Waals surface area contributed by atoms with Gasteiger partial charge in [0.15, 0.2) is 0 Å². The highest BCUT2D eigenvalue weighted by Gasteiger charge is 2.23. The Balaban J connectivity index is 1.91. The highest BCUT2D eigenvalue weighted by molar-refractivity contribution is 9.10. The Morgan fingerprint density at radius 2 is 1.63 bits per heavy atom. The standard InChI is InChI=1S/C17H18BrN/c18-15-11-9-14(10-12-15)17-8-4-5-13-19(17)16-6-2-1-3-7-16/h1-3,6-7,9-12,17H,4-5,8,13H2. The van der Waals surface area contributed by atoms with Crippen LogP contribution in [0.1, 0.15) is 30.9 Å². The number of rotatable bonds is 2. The first-order valence-electron chi connectivity index (χ1n) is 6.92. The van der Waals surface area contributed by atoms with E-state index in [1.54, 1.807) is 0 Å². The zero-order chi connectivity index (χ0) is 13.1. The Morgan fingerprint density at radius 3 is 2.37 bits per heavy atom. The van der Waals surface area contributed by atoms with E-state index >= 15 is 0 Å². The van der Waals surface area contributed by atoms with Crippen molar-refractivity contribution < 1.29 is 0 Å². The van der Waals surface area contributed by atoms with Crippen LogP contribution in [0.3, 0.4) is 0 Å². The highest BCUT2D eigenvalue weighted by Crippen LogP contribution is 2.35. The molecular formula is C17H18BrN. The van der Waals surface area contributed by atoms with Gasteiger partial charge in [0.25, 0.3) is 0 Å². The maximum Gasteiger partial charge on any atom is 0.0542 e. The summed E-state index contributed by atoms with van der Waals surface area (Å²) in [5, 5.41) is 0. The van der Waals surface area contributed by atoms with Crippen molar-refractivity contribution in [3.63, 3.8) is 0 Å². The Kier molecular flexibility index (Phi) is 3.88. The molecule has 1 nitrogen and oxygen atoms in total. The highest BCUT2D eigenvalue weighted by atomic mass is 79.9. The minimum Gasteiger partial charge on any atom is -0.364 e. The van der Waals surface area contributed by atoms with E-state index in [-0.39, 0.29) is 0 Å². The van der Waals surface area contributed by atoms with E-state index in [9.17, 15) is 0 Å². The Morgan fingerprint density at radius 1 is 0.895 bits per heavy atom. The summed E-state index contributed by atoms with van der Waals surface area (Å²) in [5.74, 6) is 0. The maximum atomic E-state index is 3.52. The second kappa shape index (κ2) is 5.79. The molecule has 98 valence electrons. The van der Waals surface area contributed by atoms with Gasteiger partial charge in [-0.1, -0.05) is 46.3 Å². The molecule has 1 unspecified atom stereocenters. The summed E-state index contributed by atoms with van der Waals surface area (Å²) in [6.07, 6.45) is 3.86. The molecule has 1 atom stereocenters. The Hall–Kier alpha value is -1.28. The van der Waals surface area contributed by atoms with E-state index in [0.717, 1.165) is 11.0 Å². The molecule has 0 aliphatic carbocycles. The minimum atomic E-state index is 0.518. The van der Waals surface area contributed by atoms with E-state index in [1.165, 1.54) is 30.5 Å². The van der Waals surface area contributed by atoms with E-state index in [1.807, 2.05) is 0 Å². The third kappa shape index (κ3) is 2.84. The van der Waals surface area contributed by atoms with E-state index in [0.29, 0.717) is 6.04 Å². The monoisotopic (exact) mass is 315 g/mol.